The van der Waals surface area contributed by atoms with Crippen LogP contribution in [0.2, 0.25) is 0 Å². The van der Waals surface area contributed by atoms with E-state index in [-0.39, 0.29) is 18.2 Å². The van der Waals surface area contributed by atoms with Gasteiger partial charge in [0.25, 0.3) is 0 Å². The first-order chi connectivity index (χ1) is 8.47. The molecule has 1 atom stereocenters. The van der Waals surface area contributed by atoms with Crippen LogP contribution in [0, 0.1) is 13.8 Å². The topological polar surface area (TPSA) is 82.0 Å². The van der Waals surface area contributed by atoms with E-state index in [1.807, 2.05) is 32.0 Å². The SMILES string of the molecule is Cc1cc(C)cc(N2NCC(O[PH](=O)O)=C2O)c1. The number of nitrogens with zero attached hydrogens (tertiary/aromatic N) is 1. The van der Waals surface area contributed by atoms with Gasteiger partial charge in [-0.15, -0.1) is 0 Å². The Labute approximate surface area is 105 Å². The average Bonchev–Trinajstić information content (AvgIpc) is 2.58. The number of hydrazine groups is 1. The molecular weight excluding hydrogens is 255 g/mol. The summed E-state index contributed by atoms with van der Waals surface area (Å²) in [5.41, 5.74) is 5.75. The maximum Gasteiger partial charge on any atom is 0.365 e. The van der Waals surface area contributed by atoms with Crippen LogP contribution in [0.1, 0.15) is 11.1 Å². The first-order valence-electron chi connectivity index (χ1n) is 5.42. The van der Waals surface area contributed by atoms with E-state index in [9.17, 15) is 9.67 Å². The van der Waals surface area contributed by atoms with E-state index in [2.05, 4.69) is 9.95 Å². The molecule has 1 aromatic carbocycles. The highest BCUT2D eigenvalue weighted by atomic mass is 31.1. The van der Waals surface area contributed by atoms with Crippen LogP contribution < -0.4 is 10.4 Å². The third kappa shape index (κ3) is 2.67. The molecular formula is C11H15N2O4P. The molecule has 0 saturated carbocycles. The van der Waals surface area contributed by atoms with Gasteiger partial charge in [0.15, 0.2) is 5.76 Å². The van der Waals surface area contributed by atoms with Crippen LogP contribution in [0.3, 0.4) is 0 Å². The van der Waals surface area contributed by atoms with Crippen molar-refractivity contribution in [2.24, 2.45) is 0 Å². The normalized spacial score (nSPS) is 17.2. The molecule has 3 N–H and O–H groups in total. The number of aryl methyl sites for hydroxylation is 2. The van der Waals surface area contributed by atoms with Gasteiger partial charge < -0.3 is 14.5 Å². The lowest BCUT2D eigenvalue weighted by Gasteiger charge is -2.18. The van der Waals surface area contributed by atoms with Crippen molar-refractivity contribution in [3.05, 3.63) is 41.0 Å². The Morgan fingerprint density at radius 1 is 1.33 bits per heavy atom. The number of hydrogen-bond acceptors (Lipinski definition) is 5. The maximum atomic E-state index is 10.6. The second-order valence-corrected chi connectivity index (χ2v) is 4.87. The van der Waals surface area contributed by atoms with Gasteiger partial charge in [-0.2, -0.15) is 0 Å². The van der Waals surface area contributed by atoms with Gasteiger partial charge in [0.2, 0.25) is 5.88 Å². The van der Waals surface area contributed by atoms with Crippen molar-refractivity contribution in [3.8, 4) is 0 Å². The average molecular weight is 270 g/mol. The highest BCUT2D eigenvalue weighted by Gasteiger charge is 2.25. The first kappa shape index (κ1) is 13.0. The summed E-state index contributed by atoms with van der Waals surface area (Å²) >= 11 is 0. The fraction of sp³-hybridized carbons (Fsp3) is 0.273. The summed E-state index contributed by atoms with van der Waals surface area (Å²) in [7, 11) is -3.11. The third-order valence-electron chi connectivity index (χ3n) is 2.53. The quantitative estimate of drug-likeness (QED) is 0.726. The Morgan fingerprint density at radius 2 is 1.94 bits per heavy atom. The van der Waals surface area contributed by atoms with Gasteiger partial charge in [0.05, 0.1) is 12.2 Å². The van der Waals surface area contributed by atoms with Gasteiger partial charge in [-0.05, 0) is 37.1 Å². The molecule has 1 aromatic rings. The minimum atomic E-state index is -3.11. The standard InChI is InChI=1S/C11H15N2O4P/c1-7-3-8(2)5-9(4-7)13-11(14)10(6-12-13)17-18(15)16/h3-5,12,14,18H,6H2,1-2H3,(H,15,16). The lowest BCUT2D eigenvalue weighted by atomic mass is 10.1. The summed E-state index contributed by atoms with van der Waals surface area (Å²) in [5.74, 6) is -0.118. The zero-order valence-electron chi connectivity index (χ0n) is 10.1. The van der Waals surface area contributed by atoms with E-state index < -0.39 is 8.25 Å². The molecule has 7 heteroatoms. The zero-order valence-corrected chi connectivity index (χ0v) is 11.1. The van der Waals surface area contributed by atoms with Crippen LogP contribution in [0.5, 0.6) is 0 Å². The molecule has 0 aromatic heterocycles. The Morgan fingerprint density at radius 3 is 2.50 bits per heavy atom. The van der Waals surface area contributed by atoms with Crippen LogP contribution in [-0.4, -0.2) is 16.5 Å². The minimum Gasteiger partial charge on any atom is -0.491 e. The Kier molecular flexibility index (Phi) is 3.61. The fourth-order valence-electron chi connectivity index (χ4n) is 1.91. The van der Waals surface area contributed by atoms with E-state index in [1.165, 1.54) is 5.01 Å². The molecule has 0 bridgehead atoms. The molecule has 0 aliphatic carbocycles. The van der Waals surface area contributed by atoms with Crippen molar-refractivity contribution < 1.29 is 19.1 Å². The van der Waals surface area contributed by atoms with Crippen molar-refractivity contribution in [2.45, 2.75) is 13.8 Å². The van der Waals surface area contributed by atoms with E-state index in [1.54, 1.807) is 0 Å². The summed E-state index contributed by atoms with van der Waals surface area (Å²) < 4.78 is 15.3. The summed E-state index contributed by atoms with van der Waals surface area (Å²) in [6, 6.07) is 5.80. The molecule has 2 rings (SSSR count). The van der Waals surface area contributed by atoms with Crippen LogP contribution >= 0.6 is 8.25 Å². The number of aliphatic hydroxyl groups is 1. The summed E-state index contributed by atoms with van der Waals surface area (Å²) in [6.45, 7) is 4.09. The van der Waals surface area contributed by atoms with E-state index >= 15 is 0 Å². The first-order valence-corrected chi connectivity index (χ1v) is 6.68. The van der Waals surface area contributed by atoms with Crippen LogP contribution in [0.15, 0.2) is 29.8 Å². The predicted octanol–water partition coefficient (Wildman–Crippen LogP) is 1.75. The number of benzene rings is 1. The molecule has 98 valence electrons. The monoisotopic (exact) mass is 270 g/mol. The van der Waals surface area contributed by atoms with Crippen LogP contribution in [0.4, 0.5) is 5.69 Å². The minimum absolute atomic E-state index is 0.0700. The largest absolute Gasteiger partial charge is 0.491 e. The third-order valence-corrected chi connectivity index (χ3v) is 2.96. The predicted molar refractivity (Wildman–Crippen MR) is 68.4 cm³/mol. The van der Waals surface area contributed by atoms with Crippen molar-refractivity contribution in [2.75, 3.05) is 11.6 Å². The van der Waals surface area contributed by atoms with Gasteiger partial charge >= 0.3 is 8.25 Å². The Bertz CT molecular complexity index is 510. The molecule has 18 heavy (non-hydrogen) atoms. The molecule has 0 radical (unpaired) electrons. The number of nitrogens with one attached hydrogen (secondary N) is 1. The number of aliphatic hydroxyl groups excluding tert-OH is 1. The highest BCUT2D eigenvalue weighted by molar-refractivity contribution is 7.32. The second kappa shape index (κ2) is 5.02. The summed E-state index contributed by atoms with van der Waals surface area (Å²) in [6.07, 6.45) is 0. The lowest BCUT2D eigenvalue weighted by Crippen LogP contribution is -2.31. The zero-order chi connectivity index (χ0) is 13.3. The summed E-state index contributed by atoms with van der Waals surface area (Å²) in [5, 5.41) is 11.3. The number of hydrogen-bond donors (Lipinski definition) is 3. The molecule has 0 amide bonds. The van der Waals surface area contributed by atoms with Crippen molar-refractivity contribution in [1.29, 1.82) is 0 Å². The van der Waals surface area contributed by atoms with E-state index in [0.717, 1.165) is 16.8 Å². The van der Waals surface area contributed by atoms with Crippen LogP contribution in [0.25, 0.3) is 0 Å². The van der Waals surface area contributed by atoms with Gasteiger partial charge in [0, 0.05) is 0 Å². The Balaban J connectivity index is 2.30. The van der Waals surface area contributed by atoms with E-state index in [4.69, 9.17) is 4.89 Å². The van der Waals surface area contributed by atoms with Gasteiger partial charge in [0.1, 0.15) is 0 Å². The van der Waals surface area contributed by atoms with E-state index in [0.29, 0.717) is 0 Å². The molecule has 1 heterocycles. The van der Waals surface area contributed by atoms with Crippen molar-refractivity contribution in [3.63, 3.8) is 0 Å². The summed E-state index contributed by atoms with van der Waals surface area (Å²) in [4.78, 5) is 8.71. The highest BCUT2D eigenvalue weighted by Crippen LogP contribution is 2.29. The number of anilines is 1. The fourth-order valence-corrected chi connectivity index (χ4v) is 2.28. The lowest BCUT2D eigenvalue weighted by molar-refractivity contribution is 0.316. The smallest absolute Gasteiger partial charge is 0.365 e. The maximum absolute atomic E-state index is 10.6. The molecule has 0 spiro atoms. The molecule has 1 unspecified atom stereocenters. The molecule has 1 aliphatic rings. The number of rotatable bonds is 3. The van der Waals surface area contributed by atoms with Gasteiger partial charge in [-0.1, -0.05) is 6.07 Å². The molecule has 6 nitrogen and oxygen atoms in total. The van der Waals surface area contributed by atoms with Gasteiger partial charge in [-0.3, -0.25) is 0 Å². The molecule has 0 saturated heterocycles. The second-order valence-electron chi connectivity index (χ2n) is 4.13. The molecule has 0 fully saturated rings. The molecule has 1 aliphatic heterocycles. The van der Waals surface area contributed by atoms with Gasteiger partial charge in [-0.25, -0.2) is 15.0 Å². The van der Waals surface area contributed by atoms with Crippen molar-refractivity contribution >= 4 is 13.9 Å². The van der Waals surface area contributed by atoms with Crippen molar-refractivity contribution in [1.82, 2.24) is 5.43 Å². The Hall–Kier alpha value is -1.49. The van der Waals surface area contributed by atoms with Crippen LogP contribution in [-0.2, 0) is 9.09 Å².